The fourth-order valence-corrected chi connectivity index (χ4v) is 3.13. The number of aryl methyl sites for hydroxylation is 1. The average Bonchev–Trinajstić information content (AvgIpc) is 3.22. The maximum absolute atomic E-state index is 13.7. The first-order chi connectivity index (χ1) is 15.0. The lowest BCUT2D eigenvalue weighted by atomic mass is 10.1. The highest BCUT2D eigenvalue weighted by Gasteiger charge is 2.35. The summed E-state index contributed by atoms with van der Waals surface area (Å²) in [5.74, 6) is 1.08. The van der Waals surface area contributed by atoms with Crippen molar-refractivity contribution in [1.82, 2.24) is 19.7 Å². The van der Waals surface area contributed by atoms with Crippen molar-refractivity contribution in [2.45, 2.75) is 26.1 Å². The van der Waals surface area contributed by atoms with Crippen LogP contribution in [0.5, 0.6) is 5.75 Å². The molecule has 0 aliphatic rings. The van der Waals surface area contributed by atoms with Crippen LogP contribution in [0.1, 0.15) is 23.9 Å². The summed E-state index contributed by atoms with van der Waals surface area (Å²) in [7, 11) is 0. The number of benzene rings is 2. The number of alkyl halides is 3. The largest absolute Gasteiger partial charge is 0.486 e. The molecule has 0 aliphatic carbocycles. The average molecular weight is 424 g/mol. The molecule has 8 heteroatoms. The highest BCUT2D eigenvalue weighted by molar-refractivity contribution is 5.56. The van der Waals surface area contributed by atoms with Crippen molar-refractivity contribution in [3.8, 4) is 23.0 Å². The molecule has 158 valence electrons. The van der Waals surface area contributed by atoms with E-state index in [9.17, 15) is 13.2 Å². The lowest BCUT2D eigenvalue weighted by Gasteiger charge is -2.13. The van der Waals surface area contributed by atoms with Crippen LogP contribution in [0, 0.1) is 0 Å². The molecule has 31 heavy (non-hydrogen) atoms. The molecule has 4 rings (SSSR count). The molecule has 2 heterocycles. The van der Waals surface area contributed by atoms with E-state index < -0.39 is 11.7 Å². The molecule has 0 aliphatic heterocycles. The quantitative estimate of drug-likeness (QED) is 0.411. The minimum atomic E-state index is -4.54. The number of aromatic nitrogens is 4. The second-order valence-corrected chi connectivity index (χ2v) is 6.78. The smallest absolute Gasteiger partial charge is 0.418 e. The lowest BCUT2D eigenvalue weighted by molar-refractivity contribution is -0.137. The van der Waals surface area contributed by atoms with Crippen LogP contribution in [0.3, 0.4) is 0 Å². The van der Waals surface area contributed by atoms with Crippen molar-refractivity contribution in [2.75, 3.05) is 0 Å². The van der Waals surface area contributed by atoms with E-state index in [1.54, 1.807) is 24.4 Å². The summed E-state index contributed by atoms with van der Waals surface area (Å²) in [6.07, 6.45) is -2.17. The standard InChI is InChI=1S/C23H19F3N4O/c1-2-16-12-13-27-19(14-16)22-28-21(15-31-17-8-4-3-5-9-17)29-30(22)20-11-7-6-10-18(20)23(24,25)26/h3-14H,2,15H2,1H3. The van der Waals surface area contributed by atoms with E-state index in [2.05, 4.69) is 15.1 Å². The van der Waals surface area contributed by atoms with Crippen LogP contribution in [0.4, 0.5) is 13.2 Å². The summed E-state index contributed by atoms with van der Waals surface area (Å²) in [5.41, 5.74) is 0.510. The first-order valence-electron chi connectivity index (χ1n) is 9.71. The third-order valence-electron chi connectivity index (χ3n) is 4.66. The van der Waals surface area contributed by atoms with Crippen molar-refractivity contribution < 1.29 is 17.9 Å². The number of nitrogens with zero attached hydrogens (tertiary/aromatic N) is 4. The van der Waals surface area contributed by atoms with Gasteiger partial charge in [0.2, 0.25) is 0 Å². The second kappa shape index (κ2) is 8.59. The number of pyridine rings is 1. The molecule has 0 radical (unpaired) electrons. The minimum absolute atomic E-state index is 0.00562. The molecule has 0 saturated heterocycles. The van der Waals surface area contributed by atoms with E-state index in [4.69, 9.17) is 4.74 Å². The van der Waals surface area contributed by atoms with Gasteiger partial charge in [0.05, 0.1) is 11.3 Å². The lowest BCUT2D eigenvalue weighted by Crippen LogP contribution is -2.12. The molecule has 2 aromatic carbocycles. The highest BCUT2D eigenvalue weighted by atomic mass is 19.4. The molecule has 0 amide bonds. The molecule has 0 spiro atoms. The molecule has 5 nitrogen and oxygen atoms in total. The van der Waals surface area contributed by atoms with Gasteiger partial charge in [0, 0.05) is 6.20 Å². The van der Waals surface area contributed by atoms with Gasteiger partial charge in [-0.25, -0.2) is 9.67 Å². The van der Waals surface area contributed by atoms with E-state index in [0.717, 1.165) is 18.1 Å². The van der Waals surface area contributed by atoms with Gasteiger partial charge in [0.25, 0.3) is 0 Å². The van der Waals surface area contributed by atoms with Crippen LogP contribution in [0.15, 0.2) is 72.9 Å². The molecular weight excluding hydrogens is 405 g/mol. The van der Waals surface area contributed by atoms with Crippen LogP contribution in [0.2, 0.25) is 0 Å². The van der Waals surface area contributed by atoms with Crippen molar-refractivity contribution in [1.29, 1.82) is 0 Å². The predicted octanol–water partition coefficient (Wildman–Crippen LogP) is 5.49. The van der Waals surface area contributed by atoms with Gasteiger partial charge in [0.1, 0.15) is 18.1 Å². The predicted molar refractivity (Wildman–Crippen MR) is 110 cm³/mol. The van der Waals surface area contributed by atoms with Crippen molar-refractivity contribution in [3.05, 3.63) is 89.9 Å². The van der Waals surface area contributed by atoms with Gasteiger partial charge in [-0.05, 0) is 48.4 Å². The Morgan fingerprint density at radius 2 is 1.71 bits per heavy atom. The molecule has 0 atom stereocenters. The molecule has 4 aromatic rings. The van der Waals surface area contributed by atoms with Crippen LogP contribution < -0.4 is 4.74 Å². The zero-order valence-electron chi connectivity index (χ0n) is 16.7. The zero-order chi connectivity index (χ0) is 21.8. The summed E-state index contributed by atoms with van der Waals surface area (Å²) < 4.78 is 47.9. The normalized spacial score (nSPS) is 11.5. The topological polar surface area (TPSA) is 52.8 Å². The minimum Gasteiger partial charge on any atom is -0.486 e. The van der Waals surface area contributed by atoms with Crippen molar-refractivity contribution in [3.63, 3.8) is 0 Å². The summed E-state index contributed by atoms with van der Waals surface area (Å²) in [4.78, 5) is 8.79. The summed E-state index contributed by atoms with van der Waals surface area (Å²) in [6, 6.07) is 18.0. The Labute approximate surface area is 177 Å². The van der Waals surface area contributed by atoms with Gasteiger partial charge >= 0.3 is 6.18 Å². The third-order valence-corrected chi connectivity index (χ3v) is 4.66. The first kappa shape index (κ1) is 20.6. The Morgan fingerprint density at radius 1 is 0.968 bits per heavy atom. The Balaban J connectivity index is 1.80. The van der Waals surface area contributed by atoms with Crippen molar-refractivity contribution in [2.24, 2.45) is 0 Å². The van der Waals surface area contributed by atoms with Crippen LogP contribution >= 0.6 is 0 Å². The van der Waals surface area contributed by atoms with Crippen molar-refractivity contribution >= 4 is 0 Å². The molecular formula is C23H19F3N4O. The summed E-state index contributed by atoms with van der Waals surface area (Å²) in [5, 5.41) is 4.34. The Kier molecular flexibility index (Phi) is 5.70. The molecule has 0 fully saturated rings. The van der Waals surface area contributed by atoms with E-state index in [1.165, 1.54) is 22.9 Å². The third kappa shape index (κ3) is 4.58. The van der Waals surface area contributed by atoms with E-state index in [0.29, 0.717) is 11.4 Å². The molecule has 0 unspecified atom stereocenters. The highest BCUT2D eigenvalue weighted by Crippen LogP contribution is 2.35. The van der Waals surface area contributed by atoms with Gasteiger partial charge in [-0.2, -0.15) is 13.2 Å². The van der Waals surface area contributed by atoms with E-state index in [-0.39, 0.29) is 23.9 Å². The number of para-hydroxylation sites is 2. The van der Waals surface area contributed by atoms with Gasteiger partial charge < -0.3 is 4.74 Å². The molecule has 0 bridgehead atoms. The second-order valence-electron chi connectivity index (χ2n) is 6.78. The SMILES string of the molecule is CCc1ccnc(-c2nc(COc3ccccc3)nn2-c2ccccc2C(F)(F)F)c1. The fraction of sp³-hybridized carbons (Fsp3) is 0.174. The molecule has 0 saturated carbocycles. The van der Waals surface area contributed by atoms with Gasteiger partial charge in [-0.1, -0.05) is 37.3 Å². The summed E-state index contributed by atoms with van der Waals surface area (Å²) >= 11 is 0. The summed E-state index contributed by atoms with van der Waals surface area (Å²) in [6.45, 7) is 1.99. The van der Waals surface area contributed by atoms with Crippen LogP contribution in [0.25, 0.3) is 17.2 Å². The Morgan fingerprint density at radius 3 is 2.45 bits per heavy atom. The molecule has 0 N–H and O–H groups in total. The number of hydrogen-bond donors (Lipinski definition) is 0. The van der Waals surface area contributed by atoms with E-state index in [1.807, 2.05) is 31.2 Å². The maximum atomic E-state index is 13.7. The van der Waals surface area contributed by atoms with Gasteiger partial charge in [0.15, 0.2) is 11.6 Å². The number of rotatable bonds is 6. The number of ether oxygens (including phenoxy) is 1. The van der Waals surface area contributed by atoms with E-state index >= 15 is 0 Å². The van der Waals surface area contributed by atoms with Gasteiger partial charge in [-0.3, -0.25) is 4.98 Å². The Bertz CT molecular complexity index is 1170. The van der Waals surface area contributed by atoms with Crippen LogP contribution in [-0.4, -0.2) is 19.7 Å². The van der Waals surface area contributed by atoms with Gasteiger partial charge in [-0.15, -0.1) is 5.10 Å². The number of hydrogen-bond acceptors (Lipinski definition) is 4. The zero-order valence-corrected chi connectivity index (χ0v) is 16.7. The maximum Gasteiger partial charge on any atom is 0.418 e. The Hall–Kier alpha value is -3.68. The van der Waals surface area contributed by atoms with Crippen LogP contribution in [-0.2, 0) is 19.2 Å². The monoisotopic (exact) mass is 424 g/mol. The first-order valence-corrected chi connectivity index (χ1v) is 9.71. The molecule has 2 aromatic heterocycles. The fourth-order valence-electron chi connectivity index (χ4n) is 3.13. The number of halogens is 3.